The van der Waals surface area contributed by atoms with E-state index in [9.17, 15) is 9.59 Å². The molecule has 0 N–H and O–H groups in total. The number of amides is 2. The van der Waals surface area contributed by atoms with E-state index in [0.29, 0.717) is 43.1 Å². The fourth-order valence-electron chi connectivity index (χ4n) is 4.53. The van der Waals surface area contributed by atoms with Crippen molar-refractivity contribution < 1.29 is 9.59 Å². The third-order valence-corrected chi connectivity index (χ3v) is 7.78. The maximum Gasteiger partial charge on any atom is 0.256 e. The average molecular weight is 469 g/mol. The summed E-state index contributed by atoms with van der Waals surface area (Å²) in [5.74, 6) is 0.0216. The molecule has 1 fully saturated rings. The van der Waals surface area contributed by atoms with E-state index >= 15 is 0 Å². The molecule has 4 nitrogen and oxygen atoms in total. The van der Waals surface area contributed by atoms with Crippen LogP contribution in [0.2, 0.25) is 5.02 Å². The smallest absolute Gasteiger partial charge is 0.256 e. The summed E-state index contributed by atoms with van der Waals surface area (Å²) >= 11 is 7.62. The molecule has 1 aliphatic rings. The maximum absolute atomic E-state index is 13.9. The largest absolute Gasteiger partial charge is 0.336 e. The predicted molar refractivity (Wildman–Crippen MR) is 132 cm³/mol. The lowest BCUT2D eigenvalue weighted by molar-refractivity contribution is -0.151. The van der Waals surface area contributed by atoms with Crippen LogP contribution in [0, 0.1) is 0 Å². The molecule has 3 aromatic rings. The topological polar surface area (TPSA) is 40.6 Å². The molecule has 2 amide bonds. The van der Waals surface area contributed by atoms with Crippen LogP contribution in [0.1, 0.15) is 55.5 Å². The van der Waals surface area contributed by atoms with E-state index in [-0.39, 0.29) is 11.8 Å². The minimum Gasteiger partial charge on any atom is -0.336 e. The molecular formula is C26H29ClN2O2S. The summed E-state index contributed by atoms with van der Waals surface area (Å²) < 4.78 is 1.09. The van der Waals surface area contributed by atoms with E-state index in [2.05, 4.69) is 6.92 Å². The van der Waals surface area contributed by atoms with Gasteiger partial charge in [0.2, 0.25) is 5.91 Å². The summed E-state index contributed by atoms with van der Waals surface area (Å²) in [6, 6.07) is 15.6. The van der Waals surface area contributed by atoms with Crippen molar-refractivity contribution in [3.8, 4) is 0 Å². The van der Waals surface area contributed by atoms with Crippen LogP contribution in [0.5, 0.6) is 0 Å². The van der Waals surface area contributed by atoms with E-state index in [1.165, 1.54) is 0 Å². The Kier molecular flexibility index (Phi) is 6.87. The molecule has 2 aromatic carbocycles. The number of hydrogen-bond acceptors (Lipinski definition) is 3. The number of carbonyl (C=O) groups is 2. The van der Waals surface area contributed by atoms with Gasteiger partial charge < -0.3 is 9.80 Å². The lowest BCUT2D eigenvalue weighted by atomic mass is 9.79. The first-order chi connectivity index (χ1) is 15.5. The van der Waals surface area contributed by atoms with E-state index in [0.717, 1.165) is 28.5 Å². The van der Waals surface area contributed by atoms with Gasteiger partial charge >= 0.3 is 0 Å². The number of fused-ring (bicyclic) bond motifs is 1. The van der Waals surface area contributed by atoms with Gasteiger partial charge in [-0.3, -0.25) is 9.59 Å². The lowest BCUT2D eigenvalue weighted by Crippen LogP contribution is -2.69. The standard InChI is InChI=1S/C26H29ClN2O2S/c1-3-5-15-28(17-19-10-12-20(27)13-11-19)25(31)26(4-2)14-16-29(26)24(30)22-18-32-23-9-7-6-8-21(22)23/h6-13,18H,3-5,14-17H2,1-2H3. The van der Waals surface area contributed by atoms with Gasteiger partial charge in [0, 0.05) is 40.1 Å². The Labute approximate surface area is 198 Å². The summed E-state index contributed by atoms with van der Waals surface area (Å²) in [6.07, 6.45) is 3.26. The number of nitrogens with zero attached hydrogens (tertiary/aromatic N) is 2. The van der Waals surface area contributed by atoms with Gasteiger partial charge in [-0.25, -0.2) is 0 Å². The van der Waals surface area contributed by atoms with Crippen LogP contribution < -0.4 is 0 Å². The van der Waals surface area contributed by atoms with Crippen molar-refractivity contribution in [2.45, 2.75) is 51.6 Å². The molecule has 6 heteroatoms. The molecule has 0 radical (unpaired) electrons. The Morgan fingerprint density at radius 1 is 1.12 bits per heavy atom. The van der Waals surface area contributed by atoms with Crippen LogP contribution in [-0.2, 0) is 11.3 Å². The third kappa shape index (κ3) is 4.16. The molecule has 1 unspecified atom stereocenters. The van der Waals surface area contributed by atoms with Gasteiger partial charge in [0.05, 0.1) is 5.56 Å². The van der Waals surface area contributed by atoms with Crippen LogP contribution in [0.15, 0.2) is 53.9 Å². The second kappa shape index (κ2) is 9.63. The fraction of sp³-hybridized carbons (Fsp3) is 0.385. The zero-order valence-corrected chi connectivity index (χ0v) is 20.2. The Balaban J connectivity index is 1.60. The molecule has 0 bridgehead atoms. The van der Waals surface area contributed by atoms with E-state index < -0.39 is 5.54 Å². The van der Waals surface area contributed by atoms with Gasteiger partial charge in [-0.1, -0.05) is 62.2 Å². The Bertz CT molecular complexity index is 1110. The van der Waals surface area contributed by atoms with Gasteiger partial charge in [-0.05, 0) is 43.0 Å². The van der Waals surface area contributed by atoms with Gasteiger partial charge in [-0.15, -0.1) is 11.3 Å². The minimum absolute atomic E-state index is 0.0363. The second-order valence-electron chi connectivity index (χ2n) is 8.44. The zero-order chi connectivity index (χ0) is 22.7. The van der Waals surface area contributed by atoms with Crippen molar-refractivity contribution in [1.82, 2.24) is 9.80 Å². The summed E-state index contributed by atoms with van der Waals surface area (Å²) in [5.41, 5.74) is 0.986. The first-order valence-corrected chi connectivity index (χ1v) is 12.6. The summed E-state index contributed by atoms with van der Waals surface area (Å²) in [4.78, 5) is 31.2. The number of likely N-dealkylation sites (tertiary alicyclic amines) is 1. The average Bonchev–Trinajstić information content (AvgIpc) is 3.22. The van der Waals surface area contributed by atoms with Crippen LogP contribution in [0.3, 0.4) is 0 Å². The van der Waals surface area contributed by atoms with Crippen LogP contribution in [0.4, 0.5) is 0 Å². The Hall–Kier alpha value is -2.37. The molecule has 1 aromatic heterocycles. The van der Waals surface area contributed by atoms with Crippen molar-refractivity contribution in [3.63, 3.8) is 0 Å². The summed E-state index contributed by atoms with van der Waals surface area (Å²) in [6.45, 7) is 5.97. The highest BCUT2D eigenvalue weighted by atomic mass is 35.5. The number of carbonyl (C=O) groups excluding carboxylic acids is 2. The number of halogens is 1. The highest BCUT2D eigenvalue weighted by molar-refractivity contribution is 7.17. The number of unbranched alkanes of at least 4 members (excludes halogenated alkanes) is 1. The number of hydrogen-bond donors (Lipinski definition) is 0. The quantitative estimate of drug-likeness (QED) is 0.385. The van der Waals surface area contributed by atoms with Gasteiger partial charge in [-0.2, -0.15) is 0 Å². The molecule has 1 aliphatic heterocycles. The SMILES string of the molecule is CCCCN(Cc1ccc(Cl)cc1)C(=O)C1(CC)CCN1C(=O)c1csc2ccccc12. The predicted octanol–water partition coefficient (Wildman–Crippen LogP) is 6.38. The van der Waals surface area contributed by atoms with Crippen LogP contribution in [0.25, 0.3) is 10.1 Å². The fourth-order valence-corrected chi connectivity index (χ4v) is 5.59. The molecule has 0 aliphatic carbocycles. The number of thiophene rings is 1. The van der Waals surface area contributed by atoms with Gasteiger partial charge in [0.15, 0.2) is 0 Å². The van der Waals surface area contributed by atoms with E-state index in [4.69, 9.17) is 11.6 Å². The normalized spacial score (nSPS) is 17.9. The Morgan fingerprint density at radius 3 is 2.53 bits per heavy atom. The first kappa shape index (κ1) is 22.8. The molecular weight excluding hydrogens is 440 g/mol. The van der Waals surface area contributed by atoms with E-state index in [1.54, 1.807) is 11.3 Å². The summed E-state index contributed by atoms with van der Waals surface area (Å²) in [7, 11) is 0. The minimum atomic E-state index is -0.764. The van der Waals surface area contributed by atoms with Crippen molar-refractivity contribution in [1.29, 1.82) is 0 Å². The number of rotatable bonds is 8. The van der Waals surface area contributed by atoms with Crippen molar-refractivity contribution in [3.05, 3.63) is 70.1 Å². The molecule has 4 rings (SSSR count). The Morgan fingerprint density at radius 2 is 1.88 bits per heavy atom. The third-order valence-electron chi connectivity index (χ3n) is 6.56. The molecule has 32 heavy (non-hydrogen) atoms. The second-order valence-corrected chi connectivity index (χ2v) is 9.79. The van der Waals surface area contributed by atoms with Crippen LogP contribution in [-0.4, -0.2) is 40.2 Å². The van der Waals surface area contributed by atoms with Crippen LogP contribution >= 0.6 is 22.9 Å². The van der Waals surface area contributed by atoms with Crippen molar-refractivity contribution in [2.24, 2.45) is 0 Å². The lowest BCUT2D eigenvalue weighted by Gasteiger charge is -2.52. The van der Waals surface area contributed by atoms with Crippen molar-refractivity contribution in [2.75, 3.05) is 13.1 Å². The number of benzene rings is 2. The molecule has 1 atom stereocenters. The molecule has 168 valence electrons. The molecule has 2 heterocycles. The zero-order valence-electron chi connectivity index (χ0n) is 18.6. The first-order valence-electron chi connectivity index (χ1n) is 11.3. The summed E-state index contributed by atoms with van der Waals surface area (Å²) in [5, 5.41) is 3.58. The monoisotopic (exact) mass is 468 g/mol. The van der Waals surface area contributed by atoms with Gasteiger partial charge in [0.1, 0.15) is 5.54 Å². The van der Waals surface area contributed by atoms with E-state index in [1.807, 2.05) is 70.6 Å². The molecule has 0 spiro atoms. The maximum atomic E-state index is 13.9. The highest BCUT2D eigenvalue weighted by Crippen LogP contribution is 2.39. The molecule has 0 saturated carbocycles. The molecule has 1 saturated heterocycles. The van der Waals surface area contributed by atoms with Gasteiger partial charge in [0.25, 0.3) is 5.91 Å². The van der Waals surface area contributed by atoms with Crippen molar-refractivity contribution >= 4 is 44.8 Å². The highest BCUT2D eigenvalue weighted by Gasteiger charge is 2.53.